The van der Waals surface area contributed by atoms with Gasteiger partial charge in [0.25, 0.3) is 0 Å². The fraction of sp³-hybridized carbons (Fsp3) is 0.294. The lowest BCUT2D eigenvalue weighted by Crippen LogP contribution is -1.86. The minimum atomic E-state index is 0.107. The smallest absolute Gasteiger partial charge is 0.0681 e. The summed E-state index contributed by atoms with van der Waals surface area (Å²) in [4.78, 5) is 0. The molecule has 8 aromatic carbocycles. The van der Waals surface area contributed by atoms with Gasteiger partial charge in [0.05, 0.1) is 13.2 Å². The van der Waals surface area contributed by atoms with E-state index in [1.807, 2.05) is 24.3 Å². The minimum Gasteiger partial charge on any atom is -0.392 e. The van der Waals surface area contributed by atoms with Crippen molar-refractivity contribution < 1.29 is 10.2 Å². The Kier molecular flexibility index (Phi) is 24.2. The van der Waals surface area contributed by atoms with Crippen molar-refractivity contribution in [2.45, 2.75) is 132 Å². The first kappa shape index (κ1) is 54.6. The zero-order valence-electron chi connectivity index (χ0n) is 43.3. The summed E-state index contributed by atoms with van der Waals surface area (Å²) >= 11 is 0. The van der Waals surface area contributed by atoms with Crippen LogP contribution in [-0.2, 0) is 38.9 Å². The van der Waals surface area contributed by atoms with Crippen LogP contribution >= 0.6 is 0 Å². The SMILES string of the molecule is CCCCCc1ccc(-c2ccc(C)cc2)cc1.CCCCCc1ccc(-c2ccc(CO)cc2)cc1.CCCc1ccc(-c2ccc(C)cc2)cc1.CCCc1ccc(-c2ccc(CO)cc2)cc1. The molecule has 0 saturated carbocycles. The first-order chi connectivity index (χ1) is 34.2. The molecule has 364 valence electrons. The molecule has 8 aromatic rings. The zero-order valence-corrected chi connectivity index (χ0v) is 43.3. The van der Waals surface area contributed by atoms with Crippen LogP contribution in [0.2, 0.25) is 0 Å². The van der Waals surface area contributed by atoms with Crippen LogP contribution in [0, 0.1) is 13.8 Å². The summed E-state index contributed by atoms with van der Waals surface area (Å²) < 4.78 is 0. The Morgan fingerprint density at radius 3 is 0.629 bits per heavy atom. The van der Waals surface area contributed by atoms with E-state index in [4.69, 9.17) is 10.2 Å². The molecular formula is C68H80O2. The van der Waals surface area contributed by atoms with Crippen LogP contribution in [0.3, 0.4) is 0 Å². The molecule has 0 aliphatic heterocycles. The van der Waals surface area contributed by atoms with Crippen LogP contribution in [0.4, 0.5) is 0 Å². The topological polar surface area (TPSA) is 40.5 Å². The third kappa shape index (κ3) is 18.9. The summed E-state index contributed by atoms with van der Waals surface area (Å²) in [5.74, 6) is 0. The van der Waals surface area contributed by atoms with Crippen molar-refractivity contribution in [3.05, 3.63) is 239 Å². The molecule has 0 fully saturated rings. The molecule has 0 bridgehead atoms. The van der Waals surface area contributed by atoms with Gasteiger partial charge < -0.3 is 10.2 Å². The Bertz CT molecular complexity index is 2590. The molecule has 0 radical (unpaired) electrons. The minimum absolute atomic E-state index is 0.107. The van der Waals surface area contributed by atoms with E-state index in [9.17, 15) is 0 Å². The van der Waals surface area contributed by atoms with Gasteiger partial charge in [-0.25, -0.2) is 0 Å². The third-order valence-electron chi connectivity index (χ3n) is 12.7. The first-order valence-electron chi connectivity index (χ1n) is 26.2. The molecule has 0 spiro atoms. The molecule has 8 rings (SSSR count). The van der Waals surface area contributed by atoms with Gasteiger partial charge in [-0.3, -0.25) is 0 Å². The van der Waals surface area contributed by atoms with E-state index >= 15 is 0 Å². The van der Waals surface area contributed by atoms with Gasteiger partial charge in [-0.15, -0.1) is 0 Å². The number of benzene rings is 8. The number of aryl methyl sites for hydroxylation is 6. The number of rotatable bonds is 18. The van der Waals surface area contributed by atoms with Crippen LogP contribution in [0.25, 0.3) is 44.5 Å². The molecule has 0 aromatic heterocycles. The van der Waals surface area contributed by atoms with Crippen molar-refractivity contribution in [2.75, 3.05) is 0 Å². The summed E-state index contributed by atoms with van der Waals surface area (Å²) in [7, 11) is 0. The van der Waals surface area contributed by atoms with Gasteiger partial charge in [0.1, 0.15) is 0 Å². The van der Waals surface area contributed by atoms with Crippen molar-refractivity contribution in [1.82, 2.24) is 0 Å². The predicted molar refractivity (Wildman–Crippen MR) is 303 cm³/mol. The summed E-state index contributed by atoms with van der Waals surface area (Å²) in [6.07, 6.45) is 14.9. The second kappa shape index (κ2) is 31.0. The molecule has 70 heavy (non-hydrogen) atoms. The Balaban J connectivity index is 0.000000174. The molecule has 2 N–H and O–H groups in total. The van der Waals surface area contributed by atoms with E-state index in [2.05, 4.69) is 211 Å². The Morgan fingerprint density at radius 1 is 0.229 bits per heavy atom. The molecule has 0 aliphatic rings. The van der Waals surface area contributed by atoms with Crippen molar-refractivity contribution >= 4 is 0 Å². The number of aliphatic hydroxyl groups excluding tert-OH is 2. The average Bonchev–Trinajstić information content (AvgIpc) is 3.41. The number of hydrogen-bond acceptors (Lipinski definition) is 2. The fourth-order valence-electron chi connectivity index (χ4n) is 8.29. The van der Waals surface area contributed by atoms with Gasteiger partial charge in [-0.05, 0) is 130 Å². The van der Waals surface area contributed by atoms with E-state index in [0.717, 1.165) is 17.5 Å². The Hall–Kier alpha value is -6.32. The van der Waals surface area contributed by atoms with E-state index in [1.165, 1.54) is 149 Å². The normalized spacial score (nSPS) is 10.5. The standard InChI is InChI=1S/C18H22O.C18H22.C16H18O.C16H18/c1-2-3-4-5-15-6-10-17(11-7-15)18-12-8-16(14-19)9-13-18;1-3-4-5-6-16-9-13-18(14-10-16)17-11-7-15(2)8-12-17;1-2-3-13-4-8-15(9-5-13)16-10-6-14(12-17)7-11-16;1-3-4-14-7-11-16(12-8-14)15-9-5-13(2)6-10-15/h6-13,19H,2-5,14H2,1H3;7-14H,3-6H2,1-2H3;4-11,17H,2-3,12H2,1H3;5-12H,3-4H2,1-2H3. The monoisotopic (exact) mass is 929 g/mol. The highest BCUT2D eigenvalue weighted by Crippen LogP contribution is 2.25. The Morgan fingerprint density at radius 2 is 0.429 bits per heavy atom. The summed E-state index contributed by atoms with van der Waals surface area (Å²) in [5, 5.41) is 18.0. The second-order valence-electron chi connectivity index (χ2n) is 18.6. The van der Waals surface area contributed by atoms with Crippen LogP contribution in [0.1, 0.15) is 124 Å². The Labute approximate surface area is 423 Å². The summed E-state index contributed by atoms with van der Waals surface area (Å²) in [5.41, 5.74) is 20.3. The molecule has 0 saturated heterocycles. The van der Waals surface area contributed by atoms with Gasteiger partial charge in [-0.1, -0.05) is 271 Å². The van der Waals surface area contributed by atoms with E-state index < -0.39 is 0 Å². The molecule has 0 atom stereocenters. The lowest BCUT2D eigenvalue weighted by Gasteiger charge is -2.05. The highest BCUT2D eigenvalue weighted by atomic mass is 16.3. The summed E-state index contributed by atoms with van der Waals surface area (Å²) in [6, 6.07) is 69.0. The average molecular weight is 929 g/mol. The predicted octanol–water partition coefficient (Wildman–Crippen LogP) is 18.4. The number of unbranched alkanes of at least 4 members (excludes halogenated alkanes) is 4. The molecule has 0 heterocycles. The van der Waals surface area contributed by atoms with Crippen LogP contribution in [0.15, 0.2) is 194 Å². The largest absolute Gasteiger partial charge is 0.392 e. The van der Waals surface area contributed by atoms with Crippen molar-refractivity contribution in [3.8, 4) is 44.5 Å². The lowest BCUT2D eigenvalue weighted by atomic mass is 10.0. The van der Waals surface area contributed by atoms with Crippen molar-refractivity contribution in [3.63, 3.8) is 0 Å². The quantitative estimate of drug-likeness (QED) is 0.0842. The highest BCUT2D eigenvalue weighted by molar-refractivity contribution is 5.66. The molecule has 0 aliphatic carbocycles. The second-order valence-corrected chi connectivity index (χ2v) is 18.6. The van der Waals surface area contributed by atoms with Gasteiger partial charge in [-0.2, -0.15) is 0 Å². The highest BCUT2D eigenvalue weighted by Gasteiger charge is 2.02. The van der Waals surface area contributed by atoms with Crippen LogP contribution < -0.4 is 0 Å². The van der Waals surface area contributed by atoms with Gasteiger partial charge in [0, 0.05) is 0 Å². The third-order valence-corrected chi connectivity index (χ3v) is 12.7. The van der Waals surface area contributed by atoms with Gasteiger partial charge >= 0.3 is 0 Å². The molecular weight excluding hydrogens is 849 g/mol. The maximum Gasteiger partial charge on any atom is 0.0681 e. The van der Waals surface area contributed by atoms with Crippen LogP contribution in [-0.4, -0.2) is 10.2 Å². The molecule has 2 nitrogen and oxygen atoms in total. The molecule has 0 unspecified atom stereocenters. The number of aliphatic hydroxyl groups is 2. The lowest BCUT2D eigenvalue weighted by molar-refractivity contribution is 0.281. The summed E-state index contributed by atoms with van der Waals surface area (Å²) in [6.45, 7) is 13.4. The van der Waals surface area contributed by atoms with Crippen molar-refractivity contribution in [1.29, 1.82) is 0 Å². The van der Waals surface area contributed by atoms with E-state index in [0.29, 0.717) is 0 Å². The molecule has 2 heteroatoms. The fourth-order valence-corrected chi connectivity index (χ4v) is 8.29. The van der Waals surface area contributed by atoms with Crippen molar-refractivity contribution in [2.24, 2.45) is 0 Å². The van der Waals surface area contributed by atoms with E-state index in [-0.39, 0.29) is 13.2 Å². The first-order valence-corrected chi connectivity index (χ1v) is 26.2. The van der Waals surface area contributed by atoms with Gasteiger partial charge in [0.2, 0.25) is 0 Å². The van der Waals surface area contributed by atoms with Crippen LogP contribution in [0.5, 0.6) is 0 Å². The molecule has 0 amide bonds. The zero-order chi connectivity index (χ0) is 49.8. The maximum absolute atomic E-state index is 9.04. The maximum atomic E-state index is 9.04. The number of hydrogen-bond donors (Lipinski definition) is 2. The van der Waals surface area contributed by atoms with Gasteiger partial charge in [0.15, 0.2) is 0 Å². The van der Waals surface area contributed by atoms with E-state index in [1.54, 1.807) is 0 Å².